The van der Waals surface area contributed by atoms with Crippen molar-refractivity contribution in [1.82, 2.24) is 14.2 Å². The summed E-state index contributed by atoms with van der Waals surface area (Å²) in [5, 5.41) is 0.600. The van der Waals surface area contributed by atoms with Crippen LogP contribution in [0.25, 0.3) is 0 Å². The lowest BCUT2D eigenvalue weighted by molar-refractivity contribution is -0.137. The molecule has 0 aliphatic carbocycles. The van der Waals surface area contributed by atoms with Crippen molar-refractivity contribution in [1.29, 1.82) is 0 Å². The van der Waals surface area contributed by atoms with Gasteiger partial charge in [-0.3, -0.25) is 4.79 Å². The molecule has 0 N–H and O–H groups in total. The topological polar surface area (TPSA) is 83.0 Å². The molecule has 0 saturated carbocycles. The van der Waals surface area contributed by atoms with E-state index in [0.29, 0.717) is 69.5 Å². The predicted octanol–water partition coefficient (Wildman–Crippen LogP) is 2.88. The van der Waals surface area contributed by atoms with Gasteiger partial charge in [0.05, 0.1) is 16.5 Å². The third-order valence-corrected chi connectivity index (χ3v) is 8.34. The maximum atomic E-state index is 13.1. The summed E-state index contributed by atoms with van der Waals surface area (Å²) in [5.41, 5.74) is 0. The van der Waals surface area contributed by atoms with Crippen LogP contribution in [-0.2, 0) is 14.8 Å². The second kappa shape index (κ2) is 10.3. The molecule has 178 valence electrons. The predicted molar refractivity (Wildman–Crippen MR) is 127 cm³/mol. The average Bonchev–Trinajstić information content (AvgIpc) is 2.85. The highest BCUT2D eigenvalue weighted by molar-refractivity contribution is 7.89. The fourth-order valence-corrected chi connectivity index (χ4v) is 5.92. The maximum absolute atomic E-state index is 13.1. The van der Waals surface area contributed by atoms with Gasteiger partial charge in [-0.15, -0.1) is 0 Å². The highest BCUT2D eigenvalue weighted by Gasteiger charge is 2.34. The number of pyridine rings is 1. The number of hydrogen-bond acceptors (Lipinski definition) is 6. The van der Waals surface area contributed by atoms with Crippen LogP contribution in [0.15, 0.2) is 47.5 Å². The number of rotatable bonds is 6. The van der Waals surface area contributed by atoms with Gasteiger partial charge in [0.1, 0.15) is 11.6 Å². The third kappa shape index (κ3) is 5.42. The van der Waals surface area contributed by atoms with Gasteiger partial charge in [0.2, 0.25) is 15.9 Å². The molecule has 1 amide bonds. The Hall–Kier alpha value is -2.36. The van der Waals surface area contributed by atoms with Crippen molar-refractivity contribution in [3.63, 3.8) is 0 Å². The number of hydrogen-bond donors (Lipinski definition) is 0. The third-order valence-electron chi connectivity index (χ3n) is 6.20. The van der Waals surface area contributed by atoms with E-state index < -0.39 is 10.0 Å². The summed E-state index contributed by atoms with van der Waals surface area (Å²) in [6.07, 6.45) is 2.70. The lowest BCUT2D eigenvalue weighted by Gasteiger charge is -2.38. The lowest BCUT2D eigenvalue weighted by Crippen LogP contribution is -2.52. The summed E-state index contributed by atoms with van der Waals surface area (Å²) in [4.78, 5) is 21.7. The molecule has 2 aliphatic heterocycles. The van der Waals surface area contributed by atoms with E-state index in [9.17, 15) is 13.2 Å². The van der Waals surface area contributed by atoms with E-state index in [1.165, 1.54) is 4.31 Å². The number of sulfonamides is 1. The van der Waals surface area contributed by atoms with E-state index in [1.807, 2.05) is 24.0 Å². The number of ether oxygens (including phenoxy) is 1. The van der Waals surface area contributed by atoms with E-state index in [2.05, 4.69) is 9.88 Å². The molecule has 0 unspecified atom stereocenters. The minimum absolute atomic E-state index is 0.122. The second-order valence-corrected chi connectivity index (χ2v) is 10.6. The first-order valence-corrected chi connectivity index (χ1v) is 13.1. The number of carbonyl (C=O) groups excluding carboxylic acids is 1. The monoisotopic (exact) mass is 492 g/mol. The van der Waals surface area contributed by atoms with Crippen molar-refractivity contribution in [3.8, 4) is 5.75 Å². The van der Waals surface area contributed by atoms with Gasteiger partial charge >= 0.3 is 0 Å². The number of anilines is 1. The standard InChI is InChI=1S/C23H29ClN4O4S/c1-2-32-20-4-6-21(7-5-20)33(30,31)28-11-9-18(10-12-28)23(29)27-15-13-26(14-16-27)22-8-3-19(24)17-25-22/h3-8,17-18H,2,9-16H2,1H3. The molecule has 2 aromatic rings. The molecule has 0 radical (unpaired) electrons. The van der Waals surface area contributed by atoms with Crippen LogP contribution in [0, 0.1) is 5.92 Å². The first-order valence-electron chi connectivity index (χ1n) is 11.3. The minimum Gasteiger partial charge on any atom is -0.494 e. The summed E-state index contributed by atoms with van der Waals surface area (Å²) in [5.74, 6) is 1.49. The Kier molecular flexibility index (Phi) is 7.41. The average molecular weight is 493 g/mol. The van der Waals surface area contributed by atoms with Crippen LogP contribution >= 0.6 is 11.6 Å². The van der Waals surface area contributed by atoms with E-state index in [0.717, 1.165) is 5.82 Å². The zero-order valence-corrected chi connectivity index (χ0v) is 20.3. The van der Waals surface area contributed by atoms with Gasteiger partial charge in [-0.1, -0.05) is 11.6 Å². The van der Waals surface area contributed by atoms with Crippen LogP contribution in [0.3, 0.4) is 0 Å². The Morgan fingerprint density at radius 3 is 2.27 bits per heavy atom. The van der Waals surface area contributed by atoms with Crippen LogP contribution < -0.4 is 9.64 Å². The Labute approximate surface area is 200 Å². The molecule has 3 heterocycles. The second-order valence-electron chi connectivity index (χ2n) is 8.23. The number of piperazine rings is 1. The van der Waals surface area contributed by atoms with Crippen molar-refractivity contribution in [3.05, 3.63) is 47.6 Å². The first-order chi connectivity index (χ1) is 15.9. The number of aromatic nitrogens is 1. The lowest BCUT2D eigenvalue weighted by atomic mass is 9.96. The molecule has 2 fully saturated rings. The molecule has 0 atom stereocenters. The SMILES string of the molecule is CCOc1ccc(S(=O)(=O)N2CCC(C(=O)N3CCN(c4ccc(Cl)cn4)CC3)CC2)cc1. The van der Waals surface area contributed by atoms with Gasteiger partial charge in [0.15, 0.2) is 0 Å². The number of amides is 1. The smallest absolute Gasteiger partial charge is 0.243 e. The van der Waals surface area contributed by atoms with Gasteiger partial charge in [0.25, 0.3) is 0 Å². The maximum Gasteiger partial charge on any atom is 0.243 e. The molecule has 0 spiro atoms. The summed E-state index contributed by atoms with van der Waals surface area (Å²) < 4.78 is 32.9. The van der Waals surface area contributed by atoms with E-state index in [1.54, 1.807) is 30.5 Å². The summed E-state index contributed by atoms with van der Waals surface area (Å²) in [6, 6.07) is 10.2. The molecular formula is C23H29ClN4O4S. The van der Waals surface area contributed by atoms with Crippen molar-refractivity contribution in [2.45, 2.75) is 24.7 Å². The molecule has 2 aliphatic rings. The van der Waals surface area contributed by atoms with E-state index in [-0.39, 0.29) is 16.7 Å². The number of carbonyl (C=O) groups is 1. The van der Waals surface area contributed by atoms with E-state index >= 15 is 0 Å². The molecule has 4 rings (SSSR count). The molecule has 8 nitrogen and oxygen atoms in total. The van der Waals surface area contributed by atoms with Crippen LogP contribution in [-0.4, -0.2) is 74.4 Å². The number of halogens is 1. The highest BCUT2D eigenvalue weighted by Crippen LogP contribution is 2.27. The Balaban J connectivity index is 1.29. The van der Waals surface area contributed by atoms with Gasteiger partial charge in [-0.05, 0) is 56.2 Å². The van der Waals surface area contributed by atoms with Crippen molar-refractivity contribution in [2.24, 2.45) is 5.92 Å². The fraction of sp³-hybridized carbons (Fsp3) is 0.478. The van der Waals surface area contributed by atoms with E-state index in [4.69, 9.17) is 16.3 Å². The quantitative estimate of drug-likeness (QED) is 0.616. The van der Waals surface area contributed by atoms with Gasteiger partial charge in [0, 0.05) is 51.4 Å². The number of piperidine rings is 1. The molecule has 2 saturated heterocycles. The summed E-state index contributed by atoms with van der Waals surface area (Å²) >= 11 is 5.91. The molecule has 1 aromatic carbocycles. The van der Waals surface area contributed by atoms with Crippen LogP contribution in [0.1, 0.15) is 19.8 Å². The molecule has 0 bridgehead atoms. The molecule has 33 heavy (non-hydrogen) atoms. The van der Waals surface area contributed by atoms with Crippen molar-refractivity contribution in [2.75, 3.05) is 50.8 Å². The molecule has 10 heteroatoms. The molecule has 1 aromatic heterocycles. The zero-order valence-electron chi connectivity index (χ0n) is 18.7. The fourth-order valence-electron chi connectivity index (χ4n) is 4.34. The zero-order chi connectivity index (χ0) is 23.4. The highest BCUT2D eigenvalue weighted by atomic mass is 35.5. The molecular weight excluding hydrogens is 464 g/mol. The van der Waals surface area contributed by atoms with Gasteiger partial charge in [-0.2, -0.15) is 4.31 Å². The Morgan fingerprint density at radius 2 is 1.70 bits per heavy atom. The Bertz CT molecular complexity index is 1050. The van der Waals surface area contributed by atoms with Crippen LogP contribution in [0.4, 0.5) is 5.82 Å². The van der Waals surface area contributed by atoms with Gasteiger partial charge in [-0.25, -0.2) is 13.4 Å². The van der Waals surface area contributed by atoms with Crippen LogP contribution in [0.5, 0.6) is 5.75 Å². The number of benzene rings is 1. The Morgan fingerprint density at radius 1 is 1.03 bits per heavy atom. The summed E-state index contributed by atoms with van der Waals surface area (Å²) in [7, 11) is -3.58. The van der Waals surface area contributed by atoms with Gasteiger partial charge < -0.3 is 14.5 Å². The summed E-state index contributed by atoms with van der Waals surface area (Å²) in [6.45, 7) is 5.80. The number of nitrogens with zero attached hydrogens (tertiary/aromatic N) is 4. The largest absolute Gasteiger partial charge is 0.494 e. The van der Waals surface area contributed by atoms with Crippen LogP contribution in [0.2, 0.25) is 5.02 Å². The van der Waals surface area contributed by atoms with Crippen molar-refractivity contribution < 1.29 is 17.9 Å². The van der Waals surface area contributed by atoms with Crippen molar-refractivity contribution >= 4 is 33.3 Å². The minimum atomic E-state index is -3.58. The first kappa shape index (κ1) is 23.8. The normalized spacial score (nSPS) is 18.4.